The third-order valence-electron chi connectivity index (χ3n) is 2.83. The van der Waals surface area contributed by atoms with E-state index in [1.54, 1.807) is 0 Å². The van der Waals surface area contributed by atoms with E-state index in [1.807, 2.05) is 48.0 Å². The molecule has 0 aliphatic heterocycles. The smallest absolute Gasteiger partial charge is 0.229 e. The van der Waals surface area contributed by atoms with E-state index in [1.165, 1.54) is 11.3 Å². The summed E-state index contributed by atoms with van der Waals surface area (Å²) in [4.78, 5) is 12.2. The average molecular weight is 242 g/mol. The first kappa shape index (κ1) is 10.3. The number of benzene rings is 1. The number of para-hydroxylation sites is 1. The number of rotatable bonds is 2. The van der Waals surface area contributed by atoms with Gasteiger partial charge < -0.3 is 4.42 Å². The predicted molar refractivity (Wildman–Crippen MR) is 68.7 cm³/mol. The van der Waals surface area contributed by atoms with Crippen molar-refractivity contribution in [2.24, 2.45) is 0 Å². The number of ketones is 1. The highest BCUT2D eigenvalue weighted by Crippen LogP contribution is 2.27. The second kappa shape index (κ2) is 3.86. The lowest BCUT2D eigenvalue weighted by Crippen LogP contribution is -1.99. The SMILES string of the molecule is Cc1c(C(=O)c2ccsc2)oc2ccccc12. The van der Waals surface area contributed by atoms with E-state index in [-0.39, 0.29) is 5.78 Å². The van der Waals surface area contributed by atoms with Gasteiger partial charge in [-0.25, -0.2) is 0 Å². The molecule has 1 aromatic carbocycles. The first-order valence-corrected chi connectivity index (χ1v) is 6.26. The molecule has 0 bridgehead atoms. The van der Waals surface area contributed by atoms with Crippen molar-refractivity contribution in [2.75, 3.05) is 0 Å². The minimum absolute atomic E-state index is 0.0417. The van der Waals surface area contributed by atoms with E-state index >= 15 is 0 Å². The molecule has 3 aromatic rings. The molecule has 84 valence electrons. The molecule has 0 amide bonds. The standard InChI is InChI=1S/C14H10O2S/c1-9-11-4-2-3-5-12(11)16-14(9)13(15)10-6-7-17-8-10/h2-8H,1H3. The van der Waals surface area contributed by atoms with Gasteiger partial charge in [0.15, 0.2) is 5.76 Å². The molecule has 0 spiro atoms. The van der Waals surface area contributed by atoms with Crippen LogP contribution in [0.1, 0.15) is 21.7 Å². The normalized spacial score (nSPS) is 10.9. The van der Waals surface area contributed by atoms with Crippen molar-refractivity contribution in [2.45, 2.75) is 6.92 Å². The molecular weight excluding hydrogens is 232 g/mol. The quantitative estimate of drug-likeness (QED) is 0.635. The Bertz CT molecular complexity index is 677. The summed E-state index contributed by atoms with van der Waals surface area (Å²) < 4.78 is 5.64. The van der Waals surface area contributed by atoms with Crippen molar-refractivity contribution < 1.29 is 9.21 Å². The molecule has 3 heteroatoms. The average Bonchev–Trinajstić information content (AvgIpc) is 2.97. The zero-order chi connectivity index (χ0) is 11.8. The van der Waals surface area contributed by atoms with Crippen molar-refractivity contribution in [3.8, 4) is 0 Å². The van der Waals surface area contributed by atoms with Crippen LogP contribution in [0.4, 0.5) is 0 Å². The zero-order valence-electron chi connectivity index (χ0n) is 9.27. The van der Waals surface area contributed by atoms with Crippen molar-refractivity contribution in [1.82, 2.24) is 0 Å². The first-order chi connectivity index (χ1) is 8.27. The van der Waals surface area contributed by atoms with Crippen LogP contribution in [0.2, 0.25) is 0 Å². The van der Waals surface area contributed by atoms with Crippen LogP contribution in [0.25, 0.3) is 11.0 Å². The molecule has 0 aliphatic rings. The van der Waals surface area contributed by atoms with Crippen LogP contribution >= 0.6 is 11.3 Å². The fourth-order valence-corrected chi connectivity index (χ4v) is 2.55. The number of carbonyl (C=O) groups is 1. The van der Waals surface area contributed by atoms with Crippen molar-refractivity contribution >= 4 is 28.1 Å². The van der Waals surface area contributed by atoms with Crippen LogP contribution in [0.5, 0.6) is 0 Å². The molecule has 3 rings (SSSR count). The molecule has 2 heterocycles. The van der Waals surface area contributed by atoms with Crippen LogP contribution in [-0.2, 0) is 0 Å². The monoisotopic (exact) mass is 242 g/mol. The Morgan fingerprint density at radius 3 is 2.76 bits per heavy atom. The Labute approximate surface area is 102 Å². The molecule has 0 atom stereocenters. The topological polar surface area (TPSA) is 30.2 Å². The van der Waals surface area contributed by atoms with E-state index in [4.69, 9.17) is 4.42 Å². The van der Waals surface area contributed by atoms with Gasteiger partial charge in [0.05, 0.1) is 0 Å². The second-order valence-electron chi connectivity index (χ2n) is 3.89. The zero-order valence-corrected chi connectivity index (χ0v) is 10.1. The Hall–Kier alpha value is -1.87. The molecule has 0 saturated heterocycles. The van der Waals surface area contributed by atoms with E-state index < -0.39 is 0 Å². The van der Waals surface area contributed by atoms with Gasteiger partial charge in [-0.2, -0.15) is 11.3 Å². The number of fused-ring (bicyclic) bond motifs is 1. The summed E-state index contributed by atoms with van der Waals surface area (Å²) in [6.45, 7) is 1.92. The van der Waals surface area contributed by atoms with Gasteiger partial charge in [-0.05, 0) is 24.4 Å². The number of carbonyl (C=O) groups excluding carboxylic acids is 1. The maximum Gasteiger partial charge on any atom is 0.229 e. The van der Waals surface area contributed by atoms with Gasteiger partial charge >= 0.3 is 0 Å². The van der Waals surface area contributed by atoms with E-state index in [2.05, 4.69) is 0 Å². The number of furan rings is 1. The Kier molecular flexibility index (Phi) is 2.34. The number of hydrogen-bond acceptors (Lipinski definition) is 3. The predicted octanol–water partition coefficient (Wildman–Crippen LogP) is 4.03. The Balaban J connectivity index is 2.18. The molecule has 0 fully saturated rings. The van der Waals surface area contributed by atoms with Crippen LogP contribution in [-0.4, -0.2) is 5.78 Å². The van der Waals surface area contributed by atoms with Crippen molar-refractivity contribution in [3.63, 3.8) is 0 Å². The van der Waals surface area contributed by atoms with Gasteiger partial charge in [0.1, 0.15) is 5.58 Å². The number of aryl methyl sites for hydroxylation is 1. The minimum atomic E-state index is -0.0417. The molecule has 0 aliphatic carbocycles. The molecule has 2 nitrogen and oxygen atoms in total. The van der Waals surface area contributed by atoms with Gasteiger partial charge in [-0.3, -0.25) is 4.79 Å². The largest absolute Gasteiger partial charge is 0.452 e. The van der Waals surface area contributed by atoms with Crippen LogP contribution in [0.15, 0.2) is 45.5 Å². The lowest BCUT2D eigenvalue weighted by atomic mass is 10.1. The summed E-state index contributed by atoms with van der Waals surface area (Å²) in [6.07, 6.45) is 0. The summed E-state index contributed by atoms with van der Waals surface area (Å²) in [7, 11) is 0. The number of hydrogen-bond donors (Lipinski definition) is 0. The molecule has 0 unspecified atom stereocenters. The summed E-state index contributed by atoms with van der Waals surface area (Å²) in [6, 6.07) is 9.53. The molecule has 17 heavy (non-hydrogen) atoms. The van der Waals surface area contributed by atoms with Gasteiger partial charge in [0.2, 0.25) is 5.78 Å². The van der Waals surface area contributed by atoms with Gasteiger partial charge in [0, 0.05) is 21.9 Å². The van der Waals surface area contributed by atoms with Crippen LogP contribution < -0.4 is 0 Å². The van der Waals surface area contributed by atoms with E-state index in [9.17, 15) is 4.79 Å². The maximum atomic E-state index is 12.2. The Morgan fingerprint density at radius 1 is 1.24 bits per heavy atom. The highest BCUT2D eigenvalue weighted by Gasteiger charge is 2.18. The molecule has 0 N–H and O–H groups in total. The van der Waals surface area contributed by atoms with Gasteiger partial charge in [0.25, 0.3) is 0 Å². The first-order valence-electron chi connectivity index (χ1n) is 5.32. The number of thiophene rings is 1. The van der Waals surface area contributed by atoms with Crippen LogP contribution in [0.3, 0.4) is 0 Å². The van der Waals surface area contributed by atoms with E-state index in [0.717, 1.165) is 16.5 Å². The lowest BCUT2D eigenvalue weighted by molar-refractivity contribution is 0.101. The Morgan fingerprint density at radius 2 is 2.06 bits per heavy atom. The molecular formula is C14H10O2S. The maximum absolute atomic E-state index is 12.2. The molecule has 2 aromatic heterocycles. The van der Waals surface area contributed by atoms with Crippen molar-refractivity contribution in [1.29, 1.82) is 0 Å². The fraction of sp³-hybridized carbons (Fsp3) is 0.0714. The summed E-state index contributed by atoms with van der Waals surface area (Å²) in [5, 5.41) is 4.74. The third kappa shape index (κ3) is 1.59. The highest BCUT2D eigenvalue weighted by molar-refractivity contribution is 7.08. The van der Waals surface area contributed by atoms with Gasteiger partial charge in [-0.1, -0.05) is 18.2 Å². The molecule has 0 saturated carbocycles. The fourth-order valence-electron chi connectivity index (χ4n) is 1.92. The minimum Gasteiger partial charge on any atom is -0.452 e. The van der Waals surface area contributed by atoms with E-state index in [0.29, 0.717) is 11.3 Å². The summed E-state index contributed by atoms with van der Waals surface area (Å²) in [5.41, 5.74) is 2.37. The van der Waals surface area contributed by atoms with Crippen molar-refractivity contribution in [3.05, 3.63) is 58.0 Å². The summed E-state index contributed by atoms with van der Waals surface area (Å²) >= 11 is 1.51. The summed E-state index contributed by atoms with van der Waals surface area (Å²) in [5.74, 6) is 0.407. The highest BCUT2D eigenvalue weighted by atomic mass is 32.1. The van der Waals surface area contributed by atoms with Crippen LogP contribution in [0, 0.1) is 6.92 Å². The van der Waals surface area contributed by atoms with Gasteiger partial charge in [-0.15, -0.1) is 0 Å². The third-order valence-corrected chi connectivity index (χ3v) is 3.52. The second-order valence-corrected chi connectivity index (χ2v) is 4.67. The molecule has 0 radical (unpaired) electrons. The lowest BCUT2D eigenvalue weighted by Gasteiger charge is -1.94.